The highest BCUT2D eigenvalue weighted by atomic mass is 79.9. The normalized spacial score (nSPS) is 9.42. The van der Waals surface area contributed by atoms with Crippen LogP contribution in [0.5, 0.6) is 5.75 Å². The molecule has 0 radical (unpaired) electrons. The molecule has 64 valence electrons. The van der Waals surface area contributed by atoms with E-state index >= 15 is 0 Å². The van der Waals surface area contributed by atoms with Gasteiger partial charge in [-0.3, -0.25) is 0 Å². The number of carboxylic acids is 1. The van der Waals surface area contributed by atoms with Gasteiger partial charge in [-0.15, -0.1) is 0 Å². The molecule has 1 heterocycles. The second kappa shape index (κ2) is 4.06. The maximum atomic E-state index is 10.1. The molecule has 1 aromatic rings. The van der Waals surface area contributed by atoms with Crippen LogP contribution in [-0.4, -0.2) is 22.7 Å². The molecule has 5 heteroatoms. The van der Waals surface area contributed by atoms with Crippen molar-refractivity contribution < 1.29 is 14.6 Å². The third kappa shape index (κ3) is 2.87. The van der Waals surface area contributed by atoms with Crippen LogP contribution in [0.3, 0.4) is 0 Å². The molecule has 0 aliphatic carbocycles. The first-order valence-electron chi connectivity index (χ1n) is 3.14. The molecule has 1 rings (SSSR count). The first-order valence-corrected chi connectivity index (χ1v) is 3.94. The Kier molecular flexibility index (Phi) is 3.04. The van der Waals surface area contributed by atoms with Gasteiger partial charge in [-0.25, -0.2) is 9.78 Å². The highest BCUT2D eigenvalue weighted by Crippen LogP contribution is 2.12. The Labute approximate surface area is 77.3 Å². The summed E-state index contributed by atoms with van der Waals surface area (Å²) < 4.78 is 5.52. The SMILES string of the molecule is O=C(O)COc1ccc(Br)nc1. The zero-order valence-corrected chi connectivity index (χ0v) is 7.61. The Bertz CT molecular complexity index is 272. The maximum absolute atomic E-state index is 10.1. The lowest BCUT2D eigenvalue weighted by molar-refractivity contribution is -0.139. The first-order chi connectivity index (χ1) is 5.68. The Hall–Kier alpha value is -1.10. The Morgan fingerprint density at radius 1 is 1.67 bits per heavy atom. The van der Waals surface area contributed by atoms with E-state index in [1.807, 2.05) is 0 Å². The van der Waals surface area contributed by atoms with Crippen LogP contribution in [0, 0.1) is 0 Å². The fourth-order valence-corrected chi connectivity index (χ4v) is 0.827. The van der Waals surface area contributed by atoms with E-state index in [0.29, 0.717) is 10.4 Å². The fourth-order valence-electron chi connectivity index (χ4n) is 0.593. The Balaban J connectivity index is 2.53. The molecule has 4 nitrogen and oxygen atoms in total. The van der Waals surface area contributed by atoms with Gasteiger partial charge in [0.1, 0.15) is 10.4 Å². The summed E-state index contributed by atoms with van der Waals surface area (Å²) in [6, 6.07) is 3.32. The van der Waals surface area contributed by atoms with Crippen molar-refractivity contribution >= 4 is 21.9 Å². The van der Waals surface area contributed by atoms with Crippen LogP contribution in [0.2, 0.25) is 0 Å². The highest BCUT2D eigenvalue weighted by molar-refractivity contribution is 9.10. The average Bonchev–Trinajstić information content (AvgIpc) is 2.03. The van der Waals surface area contributed by atoms with Crippen molar-refractivity contribution in [2.75, 3.05) is 6.61 Å². The van der Waals surface area contributed by atoms with E-state index in [2.05, 4.69) is 20.9 Å². The number of carboxylic acid groups (broad SMARTS) is 1. The molecule has 0 unspecified atom stereocenters. The van der Waals surface area contributed by atoms with E-state index in [0.717, 1.165) is 0 Å². The van der Waals surface area contributed by atoms with Gasteiger partial charge >= 0.3 is 5.97 Å². The van der Waals surface area contributed by atoms with E-state index in [-0.39, 0.29) is 6.61 Å². The van der Waals surface area contributed by atoms with Gasteiger partial charge in [0, 0.05) is 0 Å². The summed E-state index contributed by atoms with van der Waals surface area (Å²) in [6.07, 6.45) is 1.45. The predicted molar refractivity (Wildman–Crippen MR) is 45.1 cm³/mol. The summed E-state index contributed by atoms with van der Waals surface area (Å²) in [6.45, 7) is -0.344. The molecule has 12 heavy (non-hydrogen) atoms. The maximum Gasteiger partial charge on any atom is 0.341 e. The monoisotopic (exact) mass is 231 g/mol. The number of pyridine rings is 1. The molecule has 0 atom stereocenters. The number of ether oxygens (including phenoxy) is 1. The van der Waals surface area contributed by atoms with Crippen LogP contribution in [0.4, 0.5) is 0 Å². The summed E-state index contributed by atoms with van der Waals surface area (Å²) in [7, 11) is 0. The third-order valence-electron chi connectivity index (χ3n) is 1.06. The Morgan fingerprint density at radius 2 is 2.42 bits per heavy atom. The van der Waals surface area contributed by atoms with Crippen LogP contribution < -0.4 is 4.74 Å². The first kappa shape index (κ1) is 8.99. The fraction of sp³-hybridized carbons (Fsp3) is 0.143. The standard InChI is InChI=1S/C7H6BrNO3/c8-6-2-1-5(3-9-6)12-4-7(10)11/h1-3H,4H2,(H,10,11). The van der Waals surface area contributed by atoms with Crippen molar-refractivity contribution in [2.24, 2.45) is 0 Å². The smallest absolute Gasteiger partial charge is 0.341 e. The van der Waals surface area contributed by atoms with Crippen molar-refractivity contribution in [3.8, 4) is 5.75 Å². The van der Waals surface area contributed by atoms with Gasteiger partial charge in [0.15, 0.2) is 6.61 Å². The molecular weight excluding hydrogens is 226 g/mol. The molecule has 0 spiro atoms. The molecule has 0 saturated carbocycles. The van der Waals surface area contributed by atoms with E-state index in [4.69, 9.17) is 9.84 Å². The molecular formula is C7H6BrNO3. The van der Waals surface area contributed by atoms with Gasteiger partial charge < -0.3 is 9.84 Å². The van der Waals surface area contributed by atoms with Crippen LogP contribution in [-0.2, 0) is 4.79 Å². The quantitative estimate of drug-likeness (QED) is 0.798. The van der Waals surface area contributed by atoms with Crippen molar-refractivity contribution in [3.05, 3.63) is 22.9 Å². The second-order valence-electron chi connectivity index (χ2n) is 2.00. The summed E-state index contributed by atoms with van der Waals surface area (Å²) in [5.41, 5.74) is 0. The van der Waals surface area contributed by atoms with E-state index < -0.39 is 5.97 Å². The third-order valence-corrected chi connectivity index (χ3v) is 1.53. The minimum Gasteiger partial charge on any atom is -0.480 e. The minimum atomic E-state index is -1.00. The molecule has 0 aromatic carbocycles. The molecule has 0 aliphatic rings. The van der Waals surface area contributed by atoms with Gasteiger partial charge in [0.25, 0.3) is 0 Å². The topological polar surface area (TPSA) is 59.4 Å². The molecule has 0 aliphatic heterocycles. The van der Waals surface area contributed by atoms with Crippen LogP contribution in [0.25, 0.3) is 0 Å². The van der Waals surface area contributed by atoms with E-state index in [1.165, 1.54) is 6.20 Å². The van der Waals surface area contributed by atoms with Crippen LogP contribution >= 0.6 is 15.9 Å². The average molecular weight is 232 g/mol. The largest absolute Gasteiger partial charge is 0.480 e. The number of halogens is 1. The molecule has 0 amide bonds. The van der Waals surface area contributed by atoms with Gasteiger partial charge in [-0.2, -0.15) is 0 Å². The van der Waals surface area contributed by atoms with Gasteiger partial charge in [-0.05, 0) is 28.1 Å². The lowest BCUT2D eigenvalue weighted by atomic mass is 10.5. The lowest BCUT2D eigenvalue weighted by Crippen LogP contribution is -2.09. The van der Waals surface area contributed by atoms with Crippen LogP contribution in [0.1, 0.15) is 0 Å². The lowest BCUT2D eigenvalue weighted by Gasteiger charge is -2.00. The predicted octanol–water partition coefficient (Wildman–Crippen LogP) is 1.31. The molecule has 0 bridgehead atoms. The van der Waals surface area contributed by atoms with Crippen molar-refractivity contribution in [3.63, 3.8) is 0 Å². The summed E-state index contributed by atoms with van der Waals surface area (Å²) in [5.74, 6) is -0.557. The van der Waals surface area contributed by atoms with Crippen LogP contribution in [0.15, 0.2) is 22.9 Å². The number of rotatable bonds is 3. The summed E-state index contributed by atoms with van der Waals surface area (Å²) in [5, 5.41) is 8.27. The summed E-state index contributed by atoms with van der Waals surface area (Å²) >= 11 is 3.14. The van der Waals surface area contributed by atoms with Crippen molar-refractivity contribution in [1.82, 2.24) is 4.98 Å². The number of aromatic nitrogens is 1. The molecule has 0 saturated heterocycles. The van der Waals surface area contributed by atoms with Crippen molar-refractivity contribution in [2.45, 2.75) is 0 Å². The summed E-state index contributed by atoms with van der Waals surface area (Å²) in [4.78, 5) is 13.9. The Morgan fingerprint density at radius 3 is 2.92 bits per heavy atom. The van der Waals surface area contributed by atoms with E-state index in [1.54, 1.807) is 12.1 Å². The number of nitrogens with zero attached hydrogens (tertiary/aromatic N) is 1. The van der Waals surface area contributed by atoms with Crippen molar-refractivity contribution in [1.29, 1.82) is 0 Å². The number of aliphatic carboxylic acids is 1. The van der Waals surface area contributed by atoms with Gasteiger partial charge in [-0.1, -0.05) is 0 Å². The minimum absolute atomic E-state index is 0.344. The zero-order valence-electron chi connectivity index (χ0n) is 6.03. The van der Waals surface area contributed by atoms with Gasteiger partial charge in [0.2, 0.25) is 0 Å². The number of hydrogen-bond donors (Lipinski definition) is 1. The second-order valence-corrected chi connectivity index (χ2v) is 2.81. The number of hydrogen-bond acceptors (Lipinski definition) is 3. The zero-order chi connectivity index (χ0) is 8.97. The molecule has 1 aromatic heterocycles. The van der Waals surface area contributed by atoms with E-state index in [9.17, 15) is 4.79 Å². The molecule has 0 fully saturated rings. The number of carbonyl (C=O) groups is 1. The highest BCUT2D eigenvalue weighted by Gasteiger charge is 1.98. The molecule has 1 N–H and O–H groups in total. The van der Waals surface area contributed by atoms with Gasteiger partial charge in [0.05, 0.1) is 6.20 Å².